The predicted octanol–water partition coefficient (Wildman–Crippen LogP) is 22.8. The average Bonchev–Trinajstić information content (AvgIpc) is 1.23. The van der Waals surface area contributed by atoms with E-state index in [1.165, 1.54) is 81.0 Å². The number of thiophene rings is 1. The first kappa shape index (κ1) is 67.3. The molecule has 0 aliphatic heterocycles. The van der Waals surface area contributed by atoms with Gasteiger partial charge < -0.3 is 10.2 Å². The van der Waals surface area contributed by atoms with Crippen LogP contribution in [0.4, 0.5) is 0 Å². The first-order valence-electron chi connectivity index (χ1n) is 33.4. The van der Waals surface area contributed by atoms with E-state index >= 15 is 0 Å². The molecule has 2 atom stereocenters. The number of aliphatic hydroxyl groups is 2. The van der Waals surface area contributed by atoms with E-state index in [2.05, 4.69) is 264 Å². The molecule has 17 rings (SSSR count). The molecule has 2 unspecified atom stereocenters. The van der Waals surface area contributed by atoms with Gasteiger partial charge in [0.15, 0.2) is 0 Å². The second kappa shape index (κ2) is 28.7. The van der Waals surface area contributed by atoms with Crippen molar-refractivity contribution in [3.05, 3.63) is 291 Å². The van der Waals surface area contributed by atoms with Crippen molar-refractivity contribution >= 4 is 108 Å². The molecule has 99 heavy (non-hydrogen) atoms. The molecule has 0 spiro atoms. The summed E-state index contributed by atoms with van der Waals surface area (Å²) in [7, 11) is 0. The van der Waals surface area contributed by atoms with Gasteiger partial charge >= 0.3 is 0 Å². The first-order chi connectivity index (χ1) is 47.6. The van der Waals surface area contributed by atoms with Crippen LogP contribution in [0.1, 0.15) is 59.1 Å². The van der Waals surface area contributed by atoms with Gasteiger partial charge in [0, 0.05) is 91.8 Å². The summed E-state index contributed by atoms with van der Waals surface area (Å²) >= 11 is 1.86. The third kappa shape index (κ3) is 13.8. The Morgan fingerprint density at radius 2 is 0.939 bits per heavy atom. The number of pyridine rings is 2. The van der Waals surface area contributed by atoms with Gasteiger partial charge in [-0.2, -0.15) is 0 Å². The molecule has 0 amide bonds. The monoisotopic (exact) mass is 1480 g/mol. The molecule has 0 aliphatic rings. The third-order valence-corrected chi connectivity index (χ3v) is 19.8. The Morgan fingerprint density at radius 1 is 0.404 bits per heavy atom. The van der Waals surface area contributed by atoms with E-state index in [1.54, 1.807) is 6.33 Å². The van der Waals surface area contributed by atoms with Crippen LogP contribution in [0.15, 0.2) is 274 Å². The zero-order valence-corrected chi connectivity index (χ0v) is 59.9. The Morgan fingerprint density at radius 3 is 1.58 bits per heavy atom. The van der Waals surface area contributed by atoms with Crippen LogP contribution in [0, 0.1) is 30.7 Å². The Balaban J connectivity index is 0.000000126. The van der Waals surface area contributed by atoms with Crippen molar-refractivity contribution in [2.24, 2.45) is 10.8 Å². The number of nitrogens with zero attached hydrogens (tertiary/aromatic N) is 6. The van der Waals surface area contributed by atoms with Gasteiger partial charge in [0.1, 0.15) is 6.33 Å². The van der Waals surface area contributed by atoms with Gasteiger partial charge in [-0.25, -0.2) is 9.97 Å². The molecular weight excluding hydrogens is 1410 g/mol. The largest absolute Gasteiger partial charge is 0.392 e. The van der Waals surface area contributed by atoms with Crippen molar-refractivity contribution in [2.75, 3.05) is 0 Å². The maximum Gasteiger partial charge on any atom is 0.106 e. The minimum atomic E-state index is -0.443. The fraction of sp³-hybridized carbons (Fsp3) is 0.146. The smallest absolute Gasteiger partial charge is 0.106 e. The van der Waals surface area contributed by atoms with Crippen molar-refractivity contribution < 1.29 is 30.3 Å². The summed E-state index contributed by atoms with van der Waals surface area (Å²) in [4.78, 5) is 28.6. The number of hydrogen-bond donors (Lipinski definition) is 2. The minimum Gasteiger partial charge on any atom is -0.392 e. The summed E-state index contributed by atoms with van der Waals surface area (Å²) < 4.78 is 2.64. The number of aromatic nitrogens is 6. The summed E-state index contributed by atoms with van der Waals surface area (Å²) in [6.07, 6.45) is 6.89. The molecule has 17 aromatic rings. The fourth-order valence-corrected chi connectivity index (χ4v) is 14.2. The quantitative estimate of drug-likeness (QED) is 0.120. The molecule has 0 bridgehead atoms. The Kier molecular flexibility index (Phi) is 19.5. The maximum atomic E-state index is 9.76. The molecule has 489 valence electrons. The molecule has 0 aliphatic carbocycles. The van der Waals surface area contributed by atoms with Crippen LogP contribution in [-0.4, -0.2) is 52.3 Å². The van der Waals surface area contributed by atoms with Gasteiger partial charge in [0.2, 0.25) is 0 Å². The van der Waals surface area contributed by atoms with Crippen molar-refractivity contribution in [1.29, 1.82) is 0 Å². The van der Waals surface area contributed by atoms with Crippen molar-refractivity contribution in [1.82, 2.24) is 29.9 Å². The molecule has 10 heteroatoms. The zero-order valence-electron chi connectivity index (χ0n) is 56.7. The Labute approximate surface area is 595 Å². The predicted molar refractivity (Wildman–Crippen MR) is 413 cm³/mol. The van der Waals surface area contributed by atoms with Crippen molar-refractivity contribution in [3.8, 4) is 55.9 Å². The molecule has 5 heterocycles. The second-order valence-electron chi connectivity index (χ2n) is 27.3. The number of hydrogen-bond acceptors (Lipinski definition) is 9. The van der Waals surface area contributed by atoms with Crippen LogP contribution in [0.25, 0.3) is 152 Å². The van der Waals surface area contributed by atoms with Crippen LogP contribution in [-0.2, 0) is 20.1 Å². The van der Waals surface area contributed by atoms with E-state index in [0.29, 0.717) is 6.42 Å². The third-order valence-electron chi connectivity index (χ3n) is 18.6. The topological polar surface area (TPSA) is 118 Å². The summed E-state index contributed by atoms with van der Waals surface area (Å²) in [6, 6.07) is 90.3. The normalized spacial score (nSPS) is 12.2. The Hall–Kier alpha value is -10.3. The van der Waals surface area contributed by atoms with Crippen molar-refractivity contribution in [3.63, 3.8) is 0 Å². The zero-order chi connectivity index (χ0) is 67.7. The first-order valence-corrected chi connectivity index (χ1v) is 34.2. The van der Waals surface area contributed by atoms with E-state index in [1.807, 2.05) is 95.7 Å². The molecular formula is C89H75IrN6O2S-. The SMILES string of the molecule is CC(C)(C)C(O)CC(O)C(C)(C)C.Cc1ccc(C)c(-c2ncnc3c2ccc2ccc[c-]c23)c1.[Ir].c1cc(-c2cnc3c4ccccc4c4ccccc4c3n2)cc(-c2cccc3c2sc2ccccc23)c1.c1ccc(-c2ccnc3c2ccc2c(-c4ccccc4)ccnc23)cc1. The molecule has 0 fully saturated rings. The van der Waals surface area contributed by atoms with Crippen molar-refractivity contribution in [2.45, 2.75) is 74.0 Å². The average molecular weight is 1480 g/mol. The molecule has 0 saturated heterocycles. The van der Waals surface area contributed by atoms with E-state index < -0.39 is 12.2 Å². The van der Waals surface area contributed by atoms with Crippen LogP contribution in [0.5, 0.6) is 0 Å². The van der Waals surface area contributed by atoms with Crippen LogP contribution >= 0.6 is 11.3 Å². The van der Waals surface area contributed by atoms with Gasteiger partial charge in [-0.3, -0.25) is 19.9 Å². The fourth-order valence-electron chi connectivity index (χ4n) is 13.0. The van der Waals surface area contributed by atoms with E-state index in [9.17, 15) is 10.2 Å². The number of aliphatic hydroxyl groups excluding tert-OH is 2. The second-order valence-corrected chi connectivity index (χ2v) is 28.4. The number of aryl methyl sites for hydroxylation is 2. The maximum absolute atomic E-state index is 9.76. The molecule has 12 aromatic carbocycles. The minimum absolute atomic E-state index is 0. The molecule has 1 radical (unpaired) electrons. The summed E-state index contributed by atoms with van der Waals surface area (Å²) in [5.74, 6) is 0. The van der Waals surface area contributed by atoms with Gasteiger partial charge in [-0.05, 0) is 116 Å². The number of fused-ring (bicyclic) bond motifs is 15. The number of benzene rings is 12. The molecule has 8 nitrogen and oxygen atoms in total. The summed E-state index contributed by atoms with van der Waals surface area (Å²) in [5.41, 5.74) is 18.2. The molecule has 2 N–H and O–H groups in total. The Bertz CT molecular complexity index is 5640. The van der Waals surface area contributed by atoms with Gasteiger partial charge in [-0.1, -0.05) is 247 Å². The van der Waals surface area contributed by atoms with Crippen LogP contribution in [0.3, 0.4) is 0 Å². The van der Waals surface area contributed by atoms with Gasteiger partial charge in [0.25, 0.3) is 0 Å². The summed E-state index contributed by atoms with van der Waals surface area (Å²) in [5, 5.41) is 32.4. The van der Waals surface area contributed by atoms with Crippen LogP contribution < -0.4 is 0 Å². The van der Waals surface area contributed by atoms with Crippen LogP contribution in [0.2, 0.25) is 0 Å². The molecule has 5 aromatic heterocycles. The van der Waals surface area contributed by atoms with Gasteiger partial charge in [-0.15, -0.1) is 46.4 Å². The molecule has 0 saturated carbocycles. The number of rotatable bonds is 7. The van der Waals surface area contributed by atoms with E-state index in [4.69, 9.17) is 9.97 Å². The standard InChI is InChI=1S/C34H20N2S.C24H16N2.C20H15N2.C11H24O2.Ir/c1-3-14-27-24(11-1)25-12-2-4-15-28(25)33-32(27)35-20-30(36-33)22-10-7-9-21(19-22)23-16-8-17-29-26-13-5-6-18-31(26)37-34(23)29;1-3-7-17(8-4-1)19-13-15-25-23-21(19)11-12-22-20(14-16-26-24(22)23)18-9-5-2-6-10-18;1-13-7-8-14(2)18(11-13)20-17-10-9-15-5-3-4-6-16(15)19(17)21-12-22-20;1-10(2,3)8(12)7-9(13)11(4,5)6;/h1-20H;1-16H;3-5,7-12H,1-2H3;8-9,12-13H,7H2,1-6H3;/q;;-1;;. The van der Waals surface area contributed by atoms with E-state index in [0.717, 1.165) is 82.2 Å². The van der Waals surface area contributed by atoms with Gasteiger partial charge in [0.05, 0.1) is 51.9 Å². The van der Waals surface area contributed by atoms with E-state index in [-0.39, 0.29) is 30.9 Å². The summed E-state index contributed by atoms with van der Waals surface area (Å²) in [6.45, 7) is 16.1.